The normalized spacial score (nSPS) is 19.2. The highest BCUT2D eigenvalue weighted by Gasteiger charge is 2.15. The average Bonchev–Trinajstić information content (AvgIpc) is 2.30. The molecule has 0 amide bonds. The van der Waals surface area contributed by atoms with Gasteiger partial charge in [-0.3, -0.25) is 0 Å². The highest BCUT2D eigenvalue weighted by atomic mass is 16.4. The summed E-state index contributed by atoms with van der Waals surface area (Å²) in [5.74, 6) is -0.930. The molecule has 76 valence electrons. The molecule has 2 rings (SSSR count). The molecule has 0 saturated heterocycles. The number of hydrogen-bond donors (Lipinski definition) is 2. The van der Waals surface area contributed by atoms with Crippen LogP contribution in [0, 0.1) is 0 Å². The van der Waals surface area contributed by atoms with Crippen LogP contribution >= 0.6 is 0 Å². The van der Waals surface area contributed by atoms with Gasteiger partial charge in [-0.05, 0) is 11.6 Å². The third-order valence-electron chi connectivity index (χ3n) is 2.27. The van der Waals surface area contributed by atoms with Crippen LogP contribution in [0.15, 0.2) is 54.3 Å². The minimum atomic E-state index is -0.930. The fourth-order valence-corrected chi connectivity index (χ4v) is 1.51. The molecule has 0 spiro atoms. The van der Waals surface area contributed by atoms with Gasteiger partial charge in [0.25, 0.3) is 0 Å². The van der Waals surface area contributed by atoms with Crippen molar-refractivity contribution < 1.29 is 9.90 Å². The molecule has 0 bridgehead atoms. The molecule has 0 fully saturated rings. The van der Waals surface area contributed by atoms with Crippen LogP contribution in [0.1, 0.15) is 11.6 Å². The molecule has 3 nitrogen and oxygen atoms in total. The number of benzene rings is 1. The summed E-state index contributed by atoms with van der Waals surface area (Å²) in [6.45, 7) is 0. The van der Waals surface area contributed by atoms with E-state index in [4.69, 9.17) is 5.11 Å². The predicted molar refractivity (Wildman–Crippen MR) is 57.2 cm³/mol. The highest BCUT2D eigenvalue weighted by Crippen LogP contribution is 2.18. The fraction of sp³-hybridized carbons (Fsp3) is 0.0833. The monoisotopic (exact) mass is 201 g/mol. The summed E-state index contributed by atoms with van der Waals surface area (Å²) < 4.78 is 0. The van der Waals surface area contributed by atoms with E-state index in [0.29, 0.717) is 0 Å². The van der Waals surface area contributed by atoms with E-state index in [0.717, 1.165) is 5.56 Å². The number of rotatable bonds is 2. The summed E-state index contributed by atoms with van der Waals surface area (Å²) >= 11 is 0. The molecular weight excluding hydrogens is 190 g/mol. The van der Waals surface area contributed by atoms with Crippen LogP contribution in [0.5, 0.6) is 0 Å². The Morgan fingerprint density at radius 1 is 1.27 bits per heavy atom. The molecule has 1 aromatic carbocycles. The van der Waals surface area contributed by atoms with Crippen molar-refractivity contribution in [1.82, 2.24) is 5.32 Å². The van der Waals surface area contributed by atoms with Crippen molar-refractivity contribution in [2.75, 3.05) is 0 Å². The van der Waals surface area contributed by atoms with E-state index in [1.54, 1.807) is 12.2 Å². The molecule has 2 N–H and O–H groups in total. The summed E-state index contributed by atoms with van der Waals surface area (Å²) in [7, 11) is 0. The molecule has 0 aromatic heterocycles. The molecule has 1 atom stereocenters. The summed E-state index contributed by atoms with van der Waals surface area (Å²) in [6.07, 6.45) is 5.25. The lowest BCUT2D eigenvalue weighted by molar-refractivity contribution is -0.133. The van der Waals surface area contributed by atoms with Gasteiger partial charge in [0.2, 0.25) is 0 Å². The van der Waals surface area contributed by atoms with Gasteiger partial charge in [-0.1, -0.05) is 42.5 Å². The van der Waals surface area contributed by atoms with Crippen LogP contribution in [0.4, 0.5) is 0 Å². The molecule has 0 saturated carbocycles. The van der Waals surface area contributed by atoms with Gasteiger partial charge >= 0.3 is 5.97 Å². The average molecular weight is 201 g/mol. The molecule has 15 heavy (non-hydrogen) atoms. The molecule has 1 heterocycles. The van der Waals surface area contributed by atoms with Crippen LogP contribution in [0.2, 0.25) is 0 Å². The van der Waals surface area contributed by atoms with Crippen molar-refractivity contribution in [3.8, 4) is 0 Å². The maximum absolute atomic E-state index is 10.8. The lowest BCUT2D eigenvalue weighted by atomic mass is 10.0. The first-order valence-electron chi connectivity index (χ1n) is 4.70. The summed E-state index contributed by atoms with van der Waals surface area (Å²) in [5.41, 5.74) is 1.28. The number of allylic oxidation sites excluding steroid dienone is 2. The van der Waals surface area contributed by atoms with Crippen LogP contribution in [0.25, 0.3) is 0 Å². The Bertz CT molecular complexity index is 421. The fourth-order valence-electron chi connectivity index (χ4n) is 1.51. The van der Waals surface area contributed by atoms with Crippen LogP contribution < -0.4 is 5.32 Å². The van der Waals surface area contributed by atoms with Crippen LogP contribution in [0.3, 0.4) is 0 Å². The molecule has 1 unspecified atom stereocenters. The molecule has 1 aromatic rings. The number of carbonyl (C=O) groups is 1. The van der Waals surface area contributed by atoms with Crippen LogP contribution in [-0.4, -0.2) is 11.1 Å². The van der Waals surface area contributed by atoms with E-state index >= 15 is 0 Å². The zero-order chi connectivity index (χ0) is 10.7. The van der Waals surface area contributed by atoms with Crippen molar-refractivity contribution in [3.63, 3.8) is 0 Å². The van der Waals surface area contributed by atoms with Gasteiger partial charge in [0, 0.05) is 0 Å². The predicted octanol–water partition coefficient (Wildman–Crippen LogP) is 1.86. The standard InChI is InChI=1S/C12H11NO2/c14-12(15)11-8-4-7-10(13-11)9-5-2-1-3-6-9/h1-8,10,13H,(H,14,15). The molecule has 0 aliphatic carbocycles. The number of carboxylic acid groups (broad SMARTS) is 1. The number of dihydropyridines is 1. The largest absolute Gasteiger partial charge is 0.477 e. The topological polar surface area (TPSA) is 49.3 Å². The third-order valence-corrected chi connectivity index (χ3v) is 2.27. The number of nitrogens with one attached hydrogen (secondary N) is 1. The van der Waals surface area contributed by atoms with E-state index < -0.39 is 5.97 Å². The zero-order valence-corrected chi connectivity index (χ0v) is 8.05. The van der Waals surface area contributed by atoms with E-state index in [-0.39, 0.29) is 11.7 Å². The lowest BCUT2D eigenvalue weighted by Crippen LogP contribution is -2.25. The molecule has 1 aliphatic heterocycles. The van der Waals surface area contributed by atoms with E-state index in [9.17, 15) is 4.79 Å². The maximum Gasteiger partial charge on any atom is 0.351 e. The van der Waals surface area contributed by atoms with Crippen molar-refractivity contribution >= 4 is 5.97 Å². The van der Waals surface area contributed by atoms with Gasteiger partial charge in [0.15, 0.2) is 0 Å². The Hall–Kier alpha value is -2.03. The minimum Gasteiger partial charge on any atom is -0.477 e. The molecule has 3 heteroatoms. The zero-order valence-electron chi connectivity index (χ0n) is 8.05. The van der Waals surface area contributed by atoms with Gasteiger partial charge < -0.3 is 10.4 Å². The quantitative estimate of drug-likeness (QED) is 0.767. The second kappa shape index (κ2) is 4.00. The molecular formula is C12H11NO2. The second-order valence-electron chi connectivity index (χ2n) is 3.30. The van der Waals surface area contributed by atoms with E-state index in [1.165, 1.54) is 0 Å². The number of aliphatic carboxylic acids is 1. The van der Waals surface area contributed by atoms with Crippen molar-refractivity contribution in [3.05, 3.63) is 59.8 Å². The van der Waals surface area contributed by atoms with Gasteiger partial charge in [-0.15, -0.1) is 0 Å². The molecule has 0 radical (unpaired) electrons. The Labute approximate surface area is 87.7 Å². The Morgan fingerprint density at radius 2 is 2.00 bits per heavy atom. The molecule has 1 aliphatic rings. The number of hydrogen-bond acceptors (Lipinski definition) is 2. The minimum absolute atomic E-state index is 0.0534. The smallest absolute Gasteiger partial charge is 0.351 e. The highest BCUT2D eigenvalue weighted by molar-refractivity contribution is 5.86. The number of carboxylic acids is 1. The first-order chi connectivity index (χ1) is 7.27. The summed E-state index contributed by atoms with van der Waals surface area (Å²) in [5, 5.41) is 11.8. The first kappa shape index (κ1) is 9.52. The van der Waals surface area contributed by atoms with E-state index in [1.807, 2.05) is 36.4 Å². The van der Waals surface area contributed by atoms with Gasteiger partial charge in [0.05, 0.1) is 6.04 Å². The lowest BCUT2D eigenvalue weighted by Gasteiger charge is -2.19. The van der Waals surface area contributed by atoms with Gasteiger partial charge in [-0.2, -0.15) is 0 Å². The van der Waals surface area contributed by atoms with Gasteiger partial charge in [-0.25, -0.2) is 4.79 Å². The second-order valence-corrected chi connectivity index (χ2v) is 3.30. The van der Waals surface area contributed by atoms with Crippen molar-refractivity contribution in [2.45, 2.75) is 6.04 Å². The SMILES string of the molecule is O=C(O)C1=CC=CC(c2ccccc2)N1. The van der Waals surface area contributed by atoms with Crippen molar-refractivity contribution in [2.24, 2.45) is 0 Å². The summed E-state index contributed by atoms with van der Waals surface area (Å²) in [6, 6.07) is 9.68. The van der Waals surface area contributed by atoms with Crippen molar-refractivity contribution in [1.29, 1.82) is 0 Å². The Balaban J connectivity index is 2.19. The Kier molecular flexibility index (Phi) is 2.54. The third kappa shape index (κ3) is 2.07. The van der Waals surface area contributed by atoms with Crippen LogP contribution in [-0.2, 0) is 4.79 Å². The summed E-state index contributed by atoms with van der Waals surface area (Å²) in [4.78, 5) is 10.8. The Morgan fingerprint density at radius 3 is 2.67 bits per heavy atom. The first-order valence-corrected chi connectivity index (χ1v) is 4.70. The van der Waals surface area contributed by atoms with E-state index in [2.05, 4.69) is 5.32 Å². The maximum atomic E-state index is 10.8. The van der Waals surface area contributed by atoms with Gasteiger partial charge in [0.1, 0.15) is 5.70 Å².